The van der Waals surface area contributed by atoms with Crippen molar-refractivity contribution < 1.29 is 14.0 Å². The molecule has 0 aromatic rings. The first-order chi connectivity index (χ1) is 7.63. The summed E-state index contributed by atoms with van der Waals surface area (Å²) >= 11 is 0. The predicted molar refractivity (Wildman–Crippen MR) is 70.3 cm³/mol. The van der Waals surface area contributed by atoms with Crippen LogP contribution in [0.2, 0.25) is 18.1 Å². The summed E-state index contributed by atoms with van der Waals surface area (Å²) in [4.78, 5) is 10.5. The lowest BCUT2D eigenvalue weighted by Gasteiger charge is -2.36. The first kappa shape index (κ1) is 14.5. The Kier molecular flexibility index (Phi) is 4.25. The number of nitrogens with two attached hydrogens (primary N) is 1. The molecule has 1 rings (SSSR count). The maximum Gasteiger partial charge on any atom is 0.404 e. The smallest absolute Gasteiger partial charge is 0.404 e. The second-order valence-electron chi connectivity index (χ2n) is 6.37. The summed E-state index contributed by atoms with van der Waals surface area (Å²) in [5, 5.41) is 0.250. The lowest BCUT2D eigenvalue weighted by atomic mass is 10.2. The van der Waals surface area contributed by atoms with Crippen molar-refractivity contribution in [1.82, 2.24) is 0 Å². The van der Waals surface area contributed by atoms with Gasteiger partial charge in [-0.25, -0.2) is 4.79 Å². The van der Waals surface area contributed by atoms with Gasteiger partial charge in [0.2, 0.25) is 0 Å². The highest BCUT2D eigenvalue weighted by Crippen LogP contribution is 2.39. The van der Waals surface area contributed by atoms with Crippen molar-refractivity contribution in [2.75, 3.05) is 6.61 Å². The van der Waals surface area contributed by atoms with E-state index in [0.717, 1.165) is 19.4 Å². The Bertz CT molecular complexity index is 286. The van der Waals surface area contributed by atoms with E-state index in [0.29, 0.717) is 5.92 Å². The summed E-state index contributed by atoms with van der Waals surface area (Å²) in [5.74, 6) is 0.451. The van der Waals surface area contributed by atoms with Gasteiger partial charge >= 0.3 is 6.09 Å². The molecule has 1 fully saturated rings. The van der Waals surface area contributed by atoms with Crippen LogP contribution in [0.3, 0.4) is 0 Å². The minimum Gasteiger partial charge on any atom is -0.446 e. The van der Waals surface area contributed by atoms with Crippen LogP contribution in [0.4, 0.5) is 4.79 Å². The largest absolute Gasteiger partial charge is 0.446 e. The second kappa shape index (κ2) is 4.98. The molecule has 0 aromatic carbocycles. The SMILES string of the molecule is CC(C)(C)[Si](C)(C)OCCC1CC1OC(N)=O. The van der Waals surface area contributed by atoms with Gasteiger partial charge in [0.25, 0.3) is 0 Å². The molecule has 2 unspecified atom stereocenters. The third-order valence-electron chi connectivity index (χ3n) is 3.88. The molecule has 1 saturated carbocycles. The molecular weight excluding hydrogens is 234 g/mol. The number of carbonyl (C=O) groups excluding carboxylic acids is 1. The summed E-state index contributed by atoms with van der Waals surface area (Å²) < 4.78 is 11.0. The molecule has 0 aromatic heterocycles. The Morgan fingerprint density at radius 2 is 2.00 bits per heavy atom. The van der Waals surface area contributed by atoms with Crippen LogP contribution in [-0.2, 0) is 9.16 Å². The average Bonchev–Trinajstić information content (AvgIpc) is 2.79. The molecule has 5 heteroatoms. The molecule has 1 amide bonds. The van der Waals surface area contributed by atoms with Gasteiger partial charge in [0.1, 0.15) is 6.10 Å². The van der Waals surface area contributed by atoms with Gasteiger partial charge in [-0.3, -0.25) is 0 Å². The van der Waals surface area contributed by atoms with Gasteiger partial charge in [-0.05, 0) is 31.0 Å². The van der Waals surface area contributed by atoms with Crippen LogP contribution in [0.25, 0.3) is 0 Å². The Balaban J connectivity index is 2.20. The topological polar surface area (TPSA) is 61.6 Å². The molecule has 0 spiro atoms. The van der Waals surface area contributed by atoms with Crippen molar-refractivity contribution in [2.24, 2.45) is 11.7 Å². The van der Waals surface area contributed by atoms with Crippen LogP contribution in [0, 0.1) is 5.92 Å². The van der Waals surface area contributed by atoms with E-state index in [1.54, 1.807) is 0 Å². The Morgan fingerprint density at radius 3 is 2.47 bits per heavy atom. The zero-order valence-electron chi connectivity index (χ0n) is 11.6. The fraction of sp³-hybridized carbons (Fsp3) is 0.917. The minimum atomic E-state index is -1.63. The van der Waals surface area contributed by atoms with E-state index in [1.165, 1.54) is 0 Å². The average molecular weight is 259 g/mol. The molecule has 0 radical (unpaired) electrons. The van der Waals surface area contributed by atoms with Gasteiger partial charge in [0.05, 0.1) is 0 Å². The number of ether oxygens (including phenoxy) is 1. The van der Waals surface area contributed by atoms with Crippen LogP contribution in [0.5, 0.6) is 0 Å². The molecular formula is C12H25NO3Si. The molecule has 0 aliphatic heterocycles. The van der Waals surface area contributed by atoms with Crippen LogP contribution < -0.4 is 5.73 Å². The van der Waals surface area contributed by atoms with E-state index in [-0.39, 0.29) is 11.1 Å². The standard InChI is InChI=1S/C12H25NO3Si/c1-12(2,3)17(4,5)15-7-6-9-8-10(9)16-11(13)14/h9-10H,6-8H2,1-5H3,(H2,13,14). The highest BCUT2D eigenvalue weighted by molar-refractivity contribution is 6.74. The fourth-order valence-electron chi connectivity index (χ4n) is 1.50. The first-order valence-electron chi connectivity index (χ1n) is 6.23. The molecule has 2 N–H and O–H groups in total. The van der Waals surface area contributed by atoms with Gasteiger partial charge in [-0.1, -0.05) is 20.8 Å². The number of primary amides is 1. The van der Waals surface area contributed by atoms with E-state index >= 15 is 0 Å². The van der Waals surface area contributed by atoms with Crippen molar-refractivity contribution in [3.63, 3.8) is 0 Å². The summed E-state index contributed by atoms with van der Waals surface area (Å²) in [7, 11) is -1.63. The van der Waals surface area contributed by atoms with Gasteiger partial charge < -0.3 is 14.9 Å². The molecule has 1 aliphatic rings. The molecule has 0 bridgehead atoms. The normalized spacial score (nSPS) is 24.5. The summed E-state index contributed by atoms with van der Waals surface area (Å²) in [5.41, 5.74) is 4.97. The number of rotatable bonds is 5. The molecule has 2 atom stereocenters. The predicted octanol–water partition coefficient (Wildman–Crippen LogP) is 2.88. The Hall–Kier alpha value is -0.553. The van der Waals surface area contributed by atoms with Crippen molar-refractivity contribution in [1.29, 1.82) is 0 Å². The molecule has 17 heavy (non-hydrogen) atoms. The zero-order valence-corrected chi connectivity index (χ0v) is 12.6. The van der Waals surface area contributed by atoms with E-state index < -0.39 is 14.4 Å². The summed E-state index contributed by atoms with van der Waals surface area (Å²) in [6, 6.07) is 0. The highest BCUT2D eigenvalue weighted by atomic mass is 28.4. The number of hydrogen-bond donors (Lipinski definition) is 1. The third kappa shape index (κ3) is 4.31. The Labute approximate surface area is 105 Å². The maximum atomic E-state index is 10.5. The third-order valence-corrected chi connectivity index (χ3v) is 8.42. The lowest BCUT2D eigenvalue weighted by Crippen LogP contribution is -2.41. The zero-order chi connectivity index (χ0) is 13.3. The second-order valence-corrected chi connectivity index (χ2v) is 11.2. The molecule has 4 nitrogen and oxygen atoms in total. The lowest BCUT2D eigenvalue weighted by molar-refractivity contribution is 0.140. The maximum absolute atomic E-state index is 10.5. The molecule has 1 aliphatic carbocycles. The van der Waals surface area contributed by atoms with Crippen molar-refractivity contribution in [2.45, 2.75) is 57.8 Å². The number of hydrogen-bond acceptors (Lipinski definition) is 3. The van der Waals surface area contributed by atoms with Gasteiger partial charge in [0, 0.05) is 12.5 Å². The Morgan fingerprint density at radius 1 is 1.41 bits per heavy atom. The van der Waals surface area contributed by atoms with E-state index in [9.17, 15) is 4.79 Å². The highest BCUT2D eigenvalue weighted by Gasteiger charge is 2.41. The van der Waals surface area contributed by atoms with Crippen LogP contribution in [-0.4, -0.2) is 27.1 Å². The van der Waals surface area contributed by atoms with Crippen molar-refractivity contribution in [3.8, 4) is 0 Å². The minimum absolute atomic E-state index is 0.0375. The van der Waals surface area contributed by atoms with Crippen LogP contribution >= 0.6 is 0 Å². The van der Waals surface area contributed by atoms with Crippen molar-refractivity contribution >= 4 is 14.4 Å². The quantitative estimate of drug-likeness (QED) is 0.772. The van der Waals surface area contributed by atoms with Crippen LogP contribution in [0.1, 0.15) is 33.6 Å². The summed E-state index contributed by atoms with van der Waals surface area (Å²) in [6.45, 7) is 12.0. The van der Waals surface area contributed by atoms with Gasteiger partial charge in [-0.2, -0.15) is 0 Å². The molecule has 0 heterocycles. The number of carbonyl (C=O) groups is 1. The fourth-order valence-corrected chi connectivity index (χ4v) is 2.56. The van der Waals surface area contributed by atoms with E-state index in [2.05, 4.69) is 33.9 Å². The van der Waals surface area contributed by atoms with Crippen LogP contribution in [0.15, 0.2) is 0 Å². The number of amides is 1. The summed E-state index contributed by atoms with van der Waals surface area (Å²) in [6.07, 6.45) is 1.27. The van der Waals surface area contributed by atoms with Crippen molar-refractivity contribution in [3.05, 3.63) is 0 Å². The van der Waals surface area contributed by atoms with Gasteiger partial charge in [-0.15, -0.1) is 0 Å². The first-order valence-corrected chi connectivity index (χ1v) is 9.14. The van der Waals surface area contributed by atoms with E-state index in [4.69, 9.17) is 14.9 Å². The van der Waals surface area contributed by atoms with Gasteiger partial charge in [0.15, 0.2) is 8.32 Å². The van der Waals surface area contributed by atoms with E-state index in [1.807, 2.05) is 0 Å². The molecule has 0 saturated heterocycles. The monoisotopic (exact) mass is 259 g/mol. The molecule has 100 valence electrons.